The highest BCUT2D eigenvalue weighted by Crippen LogP contribution is 2.30. The lowest BCUT2D eigenvalue weighted by molar-refractivity contribution is 0.101. The largest absolute Gasteiger partial charge is 0.496 e. The van der Waals surface area contributed by atoms with Crippen LogP contribution in [0.5, 0.6) is 11.5 Å². The summed E-state index contributed by atoms with van der Waals surface area (Å²) in [5, 5.41) is 0. The van der Waals surface area contributed by atoms with Gasteiger partial charge >= 0.3 is 0 Å². The van der Waals surface area contributed by atoms with Crippen LogP contribution in [-0.4, -0.2) is 20.0 Å². The Hall–Kier alpha value is -1.58. The topological polar surface area (TPSA) is 35.5 Å². The molecule has 0 radical (unpaired) electrons. The maximum Gasteiger partial charge on any atom is 0.167 e. The summed E-state index contributed by atoms with van der Waals surface area (Å²) in [7, 11) is 2.75. The fourth-order valence-corrected chi connectivity index (χ4v) is 1.23. The van der Waals surface area contributed by atoms with Crippen molar-refractivity contribution in [3.63, 3.8) is 0 Å². The average Bonchev–Trinajstić information content (AvgIpc) is 2.15. The Morgan fingerprint density at radius 2 is 1.64 bits per heavy atom. The van der Waals surface area contributed by atoms with Crippen LogP contribution in [-0.2, 0) is 0 Å². The Labute approximate surface area is 81.4 Å². The molecule has 0 aromatic heterocycles. The number of methoxy groups -OCH3 is 2. The van der Waals surface area contributed by atoms with E-state index in [9.17, 15) is 9.18 Å². The molecule has 14 heavy (non-hydrogen) atoms. The minimum absolute atomic E-state index is 0.189. The second-order valence-corrected chi connectivity index (χ2v) is 2.74. The molecule has 0 unspecified atom stereocenters. The Bertz CT molecular complexity index is 335. The molecule has 0 spiro atoms. The van der Waals surface area contributed by atoms with E-state index in [1.54, 1.807) is 0 Å². The van der Waals surface area contributed by atoms with Crippen LogP contribution < -0.4 is 9.47 Å². The van der Waals surface area contributed by atoms with Crippen molar-refractivity contribution in [2.45, 2.75) is 6.92 Å². The van der Waals surface area contributed by atoms with Crippen LogP contribution in [0.15, 0.2) is 12.1 Å². The predicted molar refractivity (Wildman–Crippen MR) is 49.5 cm³/mol. The predicted octanol–water partition coefficient (Wildman–Crippen LogP) is 2.05. The molecule has 0 atom stereocenters. The van der Waals surface area contributed by atoms with Gasteiger partial charge < -0.3 is 9.47 Å². The first-order valence-electron chi connectivity index (χ1n) is 4.02. The maximum atomic E-state index is 13.0. The summed E-state index contributed by atoms with van der Waals surface area (Å²) in [6.45, 7) is 1.37. The van der Waals surface area contributed by atoms with Crippen molar-refractivity contribution in [3.05, 3.63) is 23.5 Å². The number of halogens is 1. The summed E-state index contributed by atoms with van der Waals surface area (Å²) < 4.78 is 22.8. The minimum Gasteiger partial charge on any atom is -0.496 e. The monoisotopic (exact) mass is 198 g/mol. The van der Waals surface area contributed by atoms with Crippen molar-refractivity contribution in [1.29, 1.82) is 0 Å². The molecule has 1 rings (SSSR count). The van der Waals surface area contributed by atoms with Gasteiger partial charge in [-0.3, -0.25) is 4.79 Å². The first-order chi connectivity index (χ1) is 6.60. The van der Waals surface area contributed by atoms with Gasteiger partial charge in [0.25, 0.3) is 0 Å². The molecule has 0 saturated carbocycles. The van der Waals surface area contributed by atoms with E-state index in [2.05, 4.69) is 0 Å². The lowest BCUT2D eigenvalue weighted by Crippen LogP contribution is -2.02. The molecule has 0 N–H and O–H groups in total. The third-order valence-corrected chi connectivity index (χ3v) is 1.82. The van der Waals surface area contributed by atoms with Gasteiger partial charge in [-0.25, -0.2) is 4.39 Å². The van der Waals surface area contributed by atoms with E-state index >= 15 is 0 Å². The Balaban J connectivity index is 3.40. The van der Waals surface area contributed by atoms with Crippen LogP contribution in [0.2, 0.25) is 0 Å². The Morgan fingerprint density at radius 1 is 1.21 bits per heavy atom. The van der Waals surface area contributed by atoms with E-state index in [0.717, 1.165) is 12.1 Å². The lowest BCUT2D eigenvalue weighted by atomic mass is 10.1. The van der Waals surface area contributed by atoms with Gasteiger partial charge in [0.1, 0.15) is 22.9 Å². The highest BCUT2D eigenvalue weighted by atomic mass is 19.1. The Kier molecular flexibility index (Phi) is 3.06. The smallest absolute Gasteiger partial charge is 0.167 e. The second-order valence-electron chi connectivity index (χ2n) is 2.74. The summed E-state index contributed by atoms with van der Waals surface area (Å²) in [5.74, 6) is -0.342. The summed E-state index contributed by atoms with van der Waals surface area (Å²) in [4.78, 5) is 11.2. The van der Waals surface area contributed by atoms with E-state index < -0.39 is 5.82 Å². The number of ether oxygens (including phenoxy) is 2. The lowest BCUT2D eigenvalue weighted by Gasteiger charge is -2.10. The number of ketones is 1. The quantitative estimate of drug-likeness (QED) is 0.697. The molecule has 3 nitrogen and oxygen atoms in total. The summed E-state index contributed by atoms with van der Waals surface area (Å²) in [6.07, 6.45) is 0. The molecule has 0 aliphatic heterocycles. The third kappa shape index (κ3) is 1.84. The third-order valence-electron chi connectivity index (χ3n) is 1.82. The first-order valence-corrected chi connectivity index (χ1v) is 4.02. The van der Waals surface area contributed by atoms with Gasteiger partial charge in [-0.2, -0.15) is 0 Å². The summed E-state index contributed by atoms with van der Waals surface area (Å²) in [5.41, 5.74) is 0.261. The molecular formula is C10H11FO3. The highest BCUT2D eigenvalue weighted by molar-refractivity contribution is 5.99. The number of Topliss-reactive ketones (excluding diaryl/α,β-unsaturated/α-hetero) is 1. The summed E-state index contributed by atoms with van der Waals surface area (Å²) in [6, 6.07) is 2.30. The van der Waals surface area contributed by atoms with Gasteiger partial charge in [0.2, 0.25) is 0 Å². The number of rotatable bonds is 3. The number of carbonyl (C=O) groups is 1. The maximum absolute atomic E-state index is 13.0. The van der Waals surface area contributed by atoms with E-state index in [-0.39, 0.29) is 22.8 Å². The summed E-state index contributed by atoms with van der Waals surface area (Å²) >= 11 is 0. The second kappa shape index (κ2) is 4.09. The van der Waals surface area contributed by atoms with Gasteiger partial charge in [0, 0.05) is 12.1 Å². The molecule has 1 aromatic rings. The van der Waals surface area contributed by atoms with Crippen LogP contribution in [0.4, 0.5) is 4.39 Å². The van der Waals surface area contributed by atoms with E-state index in [0.29, 0.717) is 0 Å². The molecular weight excluding hydrogens is 187 g/mol. The minimum atomic E-state index is -0.497. The number of benzene rings is 1. The van der Waals surface area contributed by atoms with Crippen molar-refractivity contribution in [3.8, 4) is 11.5 Å². The first kappa shape index (κ1) is 10.5. The normalized spacial score (nSPS) is 9.71. The van der Waals surface area contributed by atoms with Crippen LogP contribution in [0.25, 0.3) is 0 Å². The molecule has 0 bridgehead atoms. The van der Waals surface area contributed by atoms with E-state index in [1.807, 2.05) is 0 Å². The van der Waals surface area contributed by atoms with Crippen molar-refractivity contribution >= 4 is 5.78 Å². The Morgan fingerprint density at radius 3 is 1.93 bits per heavy atom. The molecule has 0 fully saturated rings. The van der Waals surface area contributed by atoms with Gasteiger partial charge in [-0.05, 0) is 6.92 Å². The molecule has 0 saturated heterocycles. The average molecular weight is 198 g/mol. The number of hydrogen-bond acceptors (Lipinski definition) is 3. The molecule has 0 heterocycles. The van der Waals surface area contributed by atoms with Crippen LogP contribution >= 0.6 is 0 Å². The van der Waals surface area contributed by atoms with Crippen LogP contribution in [0, 0.1) is 5.82 Å². The molecule has 0 aliphatic rings. The number of hydrogen-bond donors (Lipinski definition) is 0. The van der Waals surface area contributed by atoms with Crippen molar-refractivity contribution < 1.29 is 18.7 Å². The molecule has 0 aliphatic carbocycles. The van der Waals surface area contributed by atoms with E-state index in [4.69, 9.17) is 9.47 Å². The van der Waals surface area contributed by atoms with Crippen molar-refractivity contribution in [1.82, 2.24) is 0 Å². The fourth-order valence-electron chi connectivity index (χ4n) is 1.23. The van der Waals surface area contributed by atoms with Gasteiger partial charge in [-0.15, -0.1) is 0 Å². The molecule has 76 valence electrons. The van der Waals surface area contributed by atoms with Gasteiger partial charge in [0.05, 0.1) is 14.2 Å². The molecule has 1 aromatic carbocycles. The molecule has 0 amide bonds. The van der Waals surface area contributed by atoms with Crippen molar-refractivity contribution in [2.24, 2.45) is 0 Å². The SMILES string of the molecule is COc1cc(F)cc(OC)c1C(C)=O. The van der Waals surface area contributed by atoms with Crippen molar-refractivity contribution in [2.75, 3.05) is 14.2 Å². The molecule has 4 heteroatoms. The highest BCUT2D eigenvalue weighted by Gasteiger charge is 2.16. The van der Waals surface area contributed by atoms with E-state index in [1.165, 1.54) is 21.1 Å². The fraction of sp³-hybridized carbons (Fsp3) is 0.300. The van der Waals surface area contributed by atoms with Gasteiger partial charge in [0.15, 0.2) is 5.78 Å². The van der Waals surface area contributed by atoms with Crippen LogP contribution in [0.3, 0.4) is 0 Å². The zero-order valence-corrected chi connectivity index (χ0v) is 8.26. The standard InChI is InChI=1S/C10H11FO3/c1-6(12)10-8(13-2)4-7(11)5-9(10)14-3/h4-5H,1-3H3. The van der Waals surface area contributed by atoms with Gasteiger partial charge in [-0.1, -0.05) is 0 Å². The zero-order valence-electron chi connectivity index (χ0n) is 8.26. The van der Waals surface area contributed by atoms with Crippen LogP contribution in [0.1, 0.15) is 17.3 Å². The number of carbonyl (C=O) groups excluding carboxylic acids is 1. The zero-order chi connectivity index (χ0) is 10.7.